The summed E-state index contributed by atoms with van der Waals surface area (Å²) >= 11 is 5.87. The molecule has 19 heavy (non-hydrogen) atoms. The third kappa shape index (κ3) is 4.37. The molecule has 2 atom stereocenters. The van der Waals surface area contributed by atoms with Crippen molar-refractivity contribution in [1.29, 1.82) is 0 Å². The van der Waals surface area contributed by atoms with Crippen LogP contribution in [-0.2, 0) is 4.79 Å². The molecule has 0 radical (unpaired) electrons. The number of rotatable bonds is 3. The van der Waals surface area contributed by atoms with Crippen LogP contribution >= 0.6 is 11.6 Å². The van der Waals surface area contributed by atoms with Gasteiger partial charge in [-0.2, -0.15) is 0 Å². The van der Waals surface area contributed by atoms with Crippen molar-refractivity contribution in [1.82, 2.24) is 5.32 Å². The molecule has 1 fully saturated rings. The maximum atomic E-state index is 11.8. The maximum absolute atomic E-state index is 11.8. The van der Waals surface area contributed by atoms with Crippen molar-refractivity contribution < 1.29 is 9.90 Å². The number of amides is 1. The van der Waals surface area contributed by atoms with Gasteiger partial charge in [-0.1, -0.05) is 36.6 Å². The highest BCUT2D eigenvalue weighted by molar-refractivity contribution is 6.30. The van der Waals surface area contributed by atoms with Crippen LogP contribution in [0.25, 0.3) is 6.08 Å². The summed E-state index contributed by atoms with van der Waals surface area (Å²) in [7, 11) is 0. The molecule has 1 aliphatic carbocycles. The predicted octanol–water partition coefficient (Wildman–Crippen LogP) is 2.77. The van der Waals surface area contributed by atoms with Crippen LogP contribution < -0.4 is 5.32 Å². The summed E-state index contributed by atoms with van der Waals surface area (Å²) in [6.45, 7) is 0. The van der Waals surface area contributed by atoms with Crippen LogP contribution in [0, 0.1) is 0 Å². The van der Waals surface area contributed by atoms with Crippen LogP contribution in [0.5, 0.6) is 0 Å². The molecule has 0 heterocycles. The Morgan fingerprint density at radius 3 is 2.89 bits per heavy atom. The molecule has 3 nitrogen and oxygen atoms in total. The summed E-state index contributed by atoms with van der Waals surface area (Å²) in [5.41, 5.74) is 0.881. The number of hydrogen-bond donors (Lipinski definition) is 2. The molecule has 0 aliphatic heterocycles. The molecule has 4 heteroatoms. The fraction of sp³-hybridized carbons (Fsp3) is 0.400. The molecule has 1 aromatic rings. The van der Waals surface area contributed by atoms with E-state index in [4.69, 9.17) is 11.6 Å². The summed E-state index contributed by atoms with van der Waals surface area (Å²) < 4.78 is 0. The van der Waals surface area contributed by atoms with Crippen LogP contribution in [0.1, 0.15) is 31.2 Å². The lowest BCUT2D eigenvalue weighted by Crippen LogP contribution is -2.44. The van der Waals surface area contributed by atoms with Gasteiger partial charge < -0.3 is 10.4 Å². The second-order valence-corrected chi connectivity index (χ2v) is 5.29. The van der Waals surface area contributed by atoms with Crippen LogP contribution in [0.15, 0.2) is 30.3 Å². The number of nitrogens with one attached hydrogen (secondary N) is 1. The van der Waals surface area contributed by atoms with Gasteiger partial charge in [0.25, 0.3) is 0 Å². The van der Waals surface area contributed by atoms with Gasteiger partial charge in [-0.05, 0) is 36.6 Å². The minimum absolute atomic E-state index is 0.120. The van der Waals surface area contributed by atoms with Crippen molar-refractivity contribution in [3.05, 3.63) is 40.9 Å². The Morgan fingerprint density at radius 1 is 1.37 bits per heavy atom. The zero-order valence-corrected chi connectivity index (χ0v) is 11.4. The fourth-order valence-corrected chi connectivity index (χ4v) is 2.49. The standard InChI is InChI=1S/C15H18ClNO2/c16-12-5-3-4-11(10-12)8-9-15(19)17-13-6-1-2-7-14(13)18/h3-5,8-10,13-14,18H,1-2,6-7H2,(H,17,19). The van der Waals surface area contributed by atoms with Crippen molar-refractivity contribution in [3.63, 3.8) is 0 Å². The van der Waals surface area contributed by atoms with Gasteiger partial charge in [0, 0.05) is 11.1 Å². The number of halogens is 1. The molecule has 1 saturated carbocycles. The molecule has 0 spiro atoms. The first-order chi connectivity index (χ1) is 9.15. The van der Waals surface area contributed by atoms with Crippen molar-refractivity contribution >= 4 is 23.6 Å². The Hall–Kier alpha value is -1.32. The third-order valence-electron chi connectivity index (χ3n) is 3.33. The first kappa shape index (κ1) is 14.1. The van der Waals surface area contributed by atoms with Crippen molar-refractivity contribution in [2.75, 3.05) is 0 Å². The van der Waals surface area contributed by atoms with E-state index in [0.29, 0.717) is 5.02 Å². The molecule has 0 saturated heterocycles. The zero-order chi connectivity index (χ0) is 13.7. The maximum Gasteiger partial charge on any atom is 0.244 e. The van der Waals surface area contributed by atoms with E-state index in [1.807, 2.05) is 12.1 Å². The number of carbonyl (C=O) groups excluding carboxylic acids is 1. The first-order valence-corrected chi connectivity index (χ1v) is 6.95. The highest BCUT2D eigenvalue weighted by Crippen LogP contribution is 2.18. The van der Waals surface area contributed by atoms with E-state index < -0.39 is 6.10 Å². The van der Waals surface area contributed by atoms with Crippen LogP contribution in [-0.4, -0.2) is 23.2 Å². The van der Waals surface area contributed by atoms with Crippen LogP contribution in [0.2, 0.25) is 5.02 Å². The molecule has 0 bridgehead atoms. The van der Waals surface area contributed by atoms with Gasteiger partial charge in [-0.15, -0.1) is 0 Å². The summed E-state index contributed by atoms with van der Waals surface area (Å²) in [6.07, 6.45) is 6.48. The van der Waals surface area contributed by atoms with E-state index in [0.717, 1.165) is 31.2 Å². The van der Waals surface area contributed by atoms with Gasteiger partial charge in [0.15, 0.2) is 0 Å². The quantitative estimate of drug-likeness (QED) is 0.836. The largest absolute Gasteiger partial charge is 0.391 e. The normalized spacial score (nSPS) is 23.5. The number of hydrogen-bond acceptors (Lipinski definition) is 2. The lowest BCUT2D eigenvalue weighted by molar-refractivity contribution is -0.118. The number of aliphatic hydroxyl groups is 1. The average Bonchev–Trinajstić information content (AvgIpc) is 2.39. The molecule has 2 rings (SSSR count). The number of aliphatic hydroxyl groups excluding tert-OH is 1. The summed E-state index contributed by atoms with van der Waals surface area (Å²) in [5.74, 6) is -0.175. The molecule has 102 valence electrons. The smallest absolute Gasteiger partial charge is 0.244 e. The third-order valence-corrected chi connectivity index (χ3v) is 3.57. The van der Waals surface area contributed by atoms with E-state index in [2.05, 4.69) is 5.32 Å². The number of carbonyl (C=O) groups is 1. The Kier molecular flexibility index (Phi) is 5.00. The van der Waals surface area contributed by atoms with Gasteiger partial charge in [-0.3, -0.25) is 4.79 Å². The molecule has 2 unspecified atom stereocenters. The van der Waals surface area contributed by atoms with E-state index in [9.17, 15) is 9.90 Å². The minimum Gasteiger partial charge on any atom is -0.391 e. The Labute approximate surface area is 118 Å². The Balaban J connectivity index is 1.90. The highest BCUT2D eigenvalue weighted by atomic mass is 35.5. The topological polar surface area (TPSA) is 49.3 Å². The van der Waals surface area contributed by atoms with Gasteiger partial charge in [0.2, 0.25) is 5.91 Å². The monoisotopic (exact) mass is 279 g/mol. The van der Waals surface area contributed by atoms with Crippen LogP contribution in [0.3, 0.4) is 0 Å². The average molecular weight is 280 g/mol. The van der Waals surface area contributed by atoms with Crippen LogP contribution in [0.4, 0.5) is 0 Å². The summed E-state index contributed by atoms with van der Waals surface area (Å²) in [6, 6.07) is 7.18. The lowest BCUT2D eigenvalue weighted by Gasteiger charge is -2.27. The van der Waals surface area contributed by atoms with Gasteiger partial charge >= 0.3 is 0 Å². The van der Waals surface area contributed by atoms with Crippen molar-refractivity contribution in [2.45, 2.75) is 37.8 Å². The lowest BCUT2D eigenvalue weighted by atomic mass is 9.92. The zero-order valence-electron chi connectivity index (χ0n) is 10.7. The SMILES string of the molecule is O=C(C=Cc1cccc(Cl)c1)NC1CCCCC1O. The fourth-order valence-electron chi connectivity index (χ4n) is 2.29. The number of benzene rings is 1. The molecule has 1 amide bonds. The van der Waals surface area contributed by atoms with Gasteiger partial charge in [-0.25, -0.2) is 0 Å². The second kappa shape index (κ2) is 6.73. The molecular weight excluding hydrogens is 262 g/mol. The first-order valence-electron chi connectivity index (χ1n) is 6.57. The van der Waals surface area contributed by atoms with E-state index >= 15 is 0 Å². The summed E-state index contributed by atoms with van der Waals surface area (Å²) in [5, 5.41) is 13.3. The molecule has 2 N–H and O–H groups in total. The van der Waals surface area contributed by atoms with E-state index in [1.54, 1.807) is 18.2 Å². The van der Waals surface area contributed by atoms with Gasteiger partial charge in [0.1, 0.15) is 0 Å². The van der Waals surface area contributed by atoms with Gasteiger partial charge in [0.05, 0.1) is 12.1 Å². The Morgan fingerprint density at radius 2 is 2.16 bits per heavy atom. The van der Waals surface area contributed by atoms with E-state index in [1.165, 1.54) is 6.08 Å². The molecular formula is C15H18ClNO2. The van der Waals surface area contributed by atoms with Crippen molar-refractivity contribution in [3.8, 4) is 0 Å². The highest BCUT2D eigenvalue weighted by Gasteiger charge is 2.23. The predicted molar refractivity (Wildman–Crippen MR) is 76.9 cm³/mol. The molecule has 0 aromatic heterocycles. The van der Waals surface area contributed by atoms with Crippen molar-refractivity contribution in [2.24, 2.45) is 0 Å². The Bertz CT molecular complexity index is 473. The molecule has 1 aliphatic rings. The molecule has 1 aromatic carbocycles. The minimum atomic E-state index is -0.419. The summed E-state index contributed by atoms with van der Waals surface area (Å²) in [4.78, 5) is 11.8. The second-order valence-electron chi connectivity index (χ2n) is 4.86. The van der Waals surface area contributed by atoms with E-state index in [-0.39, 0.29) is 11.9 Å².